The lowest BCUT2D eigenvalue weighted by Gasteiger charge is -2.23. The van der Waals surface area contributed by atoms with Crippen molar-refractivity contribution in [2.75, 3.05) is 33.0 Å². The van der Waals surface area contributed by atoms with E-state index in [0.717, 1.165) is 23.1 Å². The van der Waals surface area contributed by atoms with Crippen molar-refractivity contribution in [3.05, 3.63) is 144 Å². The van der Waals surface area contributed by atoms with Gasteiger partial charge in [-0.05, 0) is 35.2 Å². The second-order valence-corrected chi connectivity index (χ2v) is 11.8. The Hall–Kier alpha value is -4.31. The van der Waals surface area contributed by atoms with Gasteiger partial charge in [0.15, 0.2) is 0 Å². The highest BCUT2D eigenvalue weighted by atomic mass is 31.2. The molecule has 1 amide bonds. The third-order valence-corrected chi connectivity index (χ3v) is 7.98. The van der Waals surface area contributed by atoms with Gasteiger partial charge in [-0.15, -0.1) is 0 Å². The molecule has 0 radical (unpaired) electrons. The van der Waals surface area contributed by atoms with Crippen LogP contribution in [0.5, 0.6) is 0 Å². The fourth-order valence-electron chi connectivity index (χ4n) is 4.19. The van der Waals surface area contributed by atoms with Gasteiger partial charge in [-0.25, -0.2) is 13.9 Å². The summed E-state index contributed by atoms with van der Waals surface area (Å²) in [6, 6.07) is 37.5. The summed E-state index contributed by atoms with van der Waals surface area (Å²) < 4.78 is 40.7. The molecule has 0 aliphatic carbocycles. The molecule has 0 aliphatic rings. The third-order valence-electron chi connectivity index (χ3n) is 6.67. The van der Waals surface area contributed by atoms with E-state index < -0.39 is 26.7 Å². The van der Waals surface area contributed by atoms with E-state index >= 15 is 0 Å². The van der Waals surface area contributed by atoms with Crippen molar-refractivity contribution in [3.63, 3.8) is 0 Å². The molecule has 0 bridgehead atoms. The second-order valence-electron chi connectivity index (χ2n) is 10.2. The number of carbonyl (C=O) groups is 2. The van der Waals surface area contributed by atoms with Crippen LogP contribution in [0.3, 0.4) is 0 Å². The van der Waals surface area contributed by atoms with Crippen LogP contribution in [0.25, 0.3) is 0 Å². The number of nitrogens with zero attached hydrogens (tertiary/aromatic N) is 1. The number of hydrogen-bond donors (Lipinski definition) is 1. The number of nitrogens with one attached hydrogen (secondary N) is 1. The third kappa shape index (κ3) is 13.0. The number of hydrogen-bond acceptors (Lipinski definition) is 9. The molecule has 0 aliphatic heterocycles. The summed E-state index contributed by atoms with van der Waals surface area (Å²) in [4.78, 5) is 27.0. The van der Waals surface area contributed by atoms with Crippen molar-refractivity contribution in [1.29, 1.82) is 0 Å². The smallest absolute Gasteiger partial charge is 0.459 e. The summed E-state index contributed by atoms with van der Waals surface area (Å²) in [7, 11) is -4.17. The van der Waals surface area contributed by atoms with E-state index in [4.69, 9.17) is 23.0 Å². The number of carbonyl (C=O) groups excluding carboxylic acids is 2. The van der Waals surface area contributed by atoms with Gasteiger partial charge in [0.2, 0.25) is 6.79 Å². The molecule has 0 heterocycles. The summed E-state index contributed by atoms with van der Waals surface area (Å²) in [5, 5.41) is 3.28. The molecule has 0 unspecified atom stereocenters. The Bertz CT molecular complexity index is 1450. The quantitative estimate of drug-likeness (QED) is 0.0527. The molecule has 4 aromatic carbocycles. The van der Waals surface area contributed by atoms with Crippen molar-refractivity contribution in [1.82, 2.24) is 10.2 Å². The van der Waals surface area contributed by atoms with Gasteiger partial charge in [-0.1, -0.05) is 121 Å². The predicted molar refractivity (Wildman–Crippen MR) is 173 cm³/mol. The van der Waals surface area contributed by atoms with E-state index in [9.17, 15) is 14.2 Å². The number of rotatable bonds is 19. The van der Waals surface area contributed by atoms with E-state index in [1.165, 1.54) is 10.5 Å². The topological polar surface area (TPSA) is 113 Å². The lowest BCUT2D eigenvalue weighted by molar-refractivity contribution is -0.146. The first kappa shape index (κ1) is 34.6. The molecule has 4 rings (SSSR count). The number of phosphoric acid groups is 1. The molecule has 11 heteroatoms. The largest absolute Gasteiger partial charge is 0.478 e. The van der Waals surface area contributed by atoms with Crippen LogP contribution in [-0.2, 0) is 58.6 Å². The molecular weight excluding hydrogens is 607 g/mol. The highest BCUT2D eigenvalue weighted by Gasteiger charge is 2.29. The van der Waals surface area contributed by atoms with Crippen molar-refractivity contribution in [3.8, 4) is 0 Å². The SMILES string of the molecule is O=C(CN(CCNCCc1ccccc1)C(=O)OCOP(=O)(OCc1ccccc1)OCc1ccccc1)OCc1ccccc1. The maximum atomic E-state index is 13.5. The van der Waals surface area contributed by atoms with Gasteiger partial charge in [0.25, 0.3) is 0 Å². The fourth-order valence-corrected chi connectivity index (χ4v) is 5.21. The number of benzene rings is 4. The van der Waals surface area contributed by atoms with Crippen molar-refractivity contribution >= 4 is 19.9 Å². The highest BCUT2D eigenvalue weighted by molar-refractivity contribution is 7.48. The normalized spacial score (nSPS) is 11.1. The van der Waals surface area contributed by atoms with Crippen LogP contribution >= 0.6 is 7.82 Å². The molecule has 242 valence electrons. The molecular formula is C35H39N2O8P. The van der Waals surface area contributed by atoms with Gasteiger partial charge in [-0.2, -0.15) is 0 Å². The molecule has 0 atom stereocenters. The Morgan fingerprint density at radius 2 is 1.07 bits per heavy atom. The minimum absolute atomic E-state index is 0.0467. The van der Waals surface area contributed by atoms with Crippen LogP contribution in [0.15, 0.2) is 121 Å². The Morgan fingerprint density at radius 3 is 1.59 bits per heavy atom. The average molecular weight is 647 g/mol. The number of esters is 1. The van der Waals surface area contributed by atoms with Gasteiger partial charge < -0.3 is 14.8 Å². The first-order valence-electron chi connectivity index (χ1n) is 15.0. The molecule has 10 nitrogen and oxygen atoms in total. The van der Waals surface area contributed by atoms with Gasteiger partial charge in [0, 0.05) is 13.1 Å². The number of amides is 1. The lowest BCUT2D eigenvalue weighted by atomic mass is 10.1. The van der Waals surface area contributed by atoms with E-state index in [0.29, 0.717) is 13.1 Å². The number of phosphoric ester groups is 1. The minimum atomic E-state index is -4.17. The monoisotopic (exact) mass is 646 g/mol. The van der Waals surface area contributed by atoms with Crippen LogP contribution in [0.2, 0.25) is 0 Å². The summed E-state index contributed by atoms with van der Waals surface area (Å²) in [5.41, 5.74) is 3.52. The van der Waals surface area contributed by atoms with Crippen molar-refractivity contribution < 1.29 is 37.2 Å². The Labute approximate surface area is 269 Å². The first-order valence-corrected chi connectivity index (χ1v) is 16.4. The van der Waals surface area contributed by atoms with Gasteiger partial charge in [0.1, 0.15) is 13.2 Å². The Kier molecular flexibility index (Phi) is 14.5. The van der Waals surface area contributed by atoms with E-state index in [2.05, 4.69) is 5.32 Å². The maximum absolute atomic E-state index is 13.5. The molecule has 0 spiro atoms. The van der Waals surface area contributed by atoms with Crippen molar-refractivity contribution in [2.24, 2.45) is 0 Å². The zero-order valence-electron chi connectivity index (χ0n) is 25.6. The summed E-state index contributed by atoms with van der Waals surface area (Å²) in [6.07, 6.45) is -0.0429. The zero-order valence-corrected chi connectivity index (χ0v) is 26.5. The first-order chi connectivity index (χ1) is 22.5. The van der Waals surface area contributed by atoms with Crippen LogP contribution in [0.1, 0.15) is 22.3 Å². The van der Waals surface area contributed by atoms with Gasteiger partial charge >= 0.3 is 19.9 Å². The molecule has 0 fully saturated rings. The average Bonchev–Trinajstić information content (AvgIpc) is 3.10. The van der Waals surface area contributed by atoms with Crippen LogP contribution in [-0.4, -0.2) is 49.9 Å². The van der Waals surface area contributed by atoms with Gasteiger partial charge in [-0.3, -0.25) is 18.7 Å². The van der Waals surface area contributed by atoms with Gasteiger partial charge in [0.05, 0.1) is 13.2 Å². The molecule has 4 aromatic rings. The summed E-state index contributed by atoms with van der Waals surface area (Å²) in [5.74, 6) is -0.603. The maximum Gasteiger partial charge on any atom is 0.478 e. The summed E-state index contributed by atoms with van der Waals surface area (Å²) >= 11 is 0. The Balaban J connectivity index is 1.32. The molecule has 0 aromatic heterocycles. The van der Waals surface area contributed by atoms with E-state index in [1.54, 1.807) is 0 Å². The molecule has 46 heavy (non-hydrogen) atoms. The summed E-state index contributed by atoms with van der Waals surface area (Å²) in [6.45, 7) is 0.129. The fraction of sp³-hybridized carbons (Fsp3) is 0.257. The highest BCUT2D eigenvalue weighted by Crippen LogP contribution is 2.50. The van der Waals surface area contributed by atoms with E-state index in [-0.39, 0.29) is 32.9 Å². The van der Waals surface area contributed by atoms with Crippen LogP contribution in [0, 0.1) is 0 Å². The Morgan fingerprint density at radius 1 is 0.587 bits per heavy atom. The zero-order chi connectivity index (χ0) is 32.3. The number of ether oxygens (including phenoxy) is 2. The molecule has 0 saturated carbocycles. The van der Waals surface area contributed by atoms with Crippen LogP contribution in [0.4, 0.5) is 4.79 Å². The van der Waals surface area contributed by atoms with Crippen LogP contribution < -0.4 is 5.32 Å². The van der Waals surface area contributed by atoms with E-state index in [1.807, 2.05) is 121 Å². The van der Waals surface area contributed by atoms with Crippen molar-refractivity contribution in [2.45, 2.75) is 26.2 Å². The minimum Gasteiger partial charge on any atom is -0.459 e. The second kappa shape index (κ2) is 19.3. The molecule has 0 saturated heterocycles. The predicted octanol–water partition coefficient (Wildman–Crippen LogP) is 6.52. The molecule has 1 N–H and O–H groups in total. The standard InChI is InChI=1S/C35H39N2O8P/c38-34(41-26-31-15-7-2-8-16-31)25-37(24-23-36-22-21-30-13-5-1-6-14-30)35(39)42-29-45-46(40,43-27-32-17-9-3-10-18-32)44-28-33-19-11-4-12-20-33/h1-20,36H,21-29H2. The lowest BCUT2D eigenvalue weighted by Crippen LogP contribution is -2.41.